The van der Waals surface area contributed by atoms with Crippen LogP contribution in [0.5, 0.6) is 5.75 Å². The van der Waals surface area contributed by atoms with Crippen molar-refractivity contribution in [3.8, 4) is 5.75 Å². The average molecular weight is 2030 g/mol. The molecular weight excluding hydrogens is 1870 g/mol. The van der Waals surface area contributed by atoms with E-state index in [1.807, 2.05) is 83.1 Å². The highest BCUT2D eigenvalue weighted by molar-refractivity contribution is 5.96. The Morgan fingerprint density at radius 3 is 1.24 bits per heavy atom. The predicted octanol–water partition coefficient (Wildman–Crippen LogP) is 20.0. The first-order valence-electron chi connectivity index (χ1n) is 52.9. The second kappa shape index (κ2) is 49.4. The number of Topliss-reactive ketones (excluding diaryl/α,β-unsaturated/α-hetero) is 2. The Bertz CT molecular complexity index is 5310. The first-order chi connectivity index (χ1) is 69.0. The number of hydrogen-bond acceptors (Lipinski definition) is 27. The van der Waals surface area contributed by atoms with Gasteiger partial charge in [-0.15, -0.1) is 0 Å². The minimum absolute atomic E-state index is 0. The molecule has 146 heavy (non-hydrogen) atoms. The lowest BCUT2D eigenvalue weighted by atomic mass is 9.40. The van der Waals surface area contributed by atoms with Crippen LogP contribution in [-0.2, 0) is 71.3 Å². The number of nitrogens with zero attached hydrogens (tertiary/aromatic N) is 1. The Morgan fingerprint density at radius 2 is 0.849 bits per heavy atom. The van der Waals surface area contributed by atoms with Gasteiger partial charge in [0.25, 0.3) is 17.5 Å². The molecule has 5 aromatic rings. The highest BCUT2D eigenvalue weighted by Gasteiger charge is 2.75. The van der Waals surface area contributed by atoms with Gasteiger partial charge in [0.05, 0.1) is 83.8 Å². The first-order valence-corrected chi connectivity index (χ1v) is 52.9. The molecule has 6 aliphatic carbocycles. The fraction of sp³-hybridized carbons (Fsp3) is 0.638. The van der Waals surface area contributed by atoms with Crippen LogP contribution in [0.25, 0.3) is 0 Å². The summed E-state index contributed by atoms with van der Waals surface area (Å²) in [6.45, 7) is 32.5. The Hall–Kier alpha value is -9.70. The van der Waals surface area contributed by atoms with E-state index < -0.39 is 181 Å². The van der Waals surface area contributed by atoms with Crippen LogP contribution in [0.3, 0.4) is 0 Å². The third kappa shape index (κ3) is 24.3. The molecule has 0 spiro atoms. The maximum absolute atomic E-state index is 15.1. The van der Waals surface area contributed by atoms with Crippen molar-refractivity contribution < 1.29 is 126 Å². The van der Waals surface area contributed by atoms with Crippen LogP contribution in [0.1, 0.15) is 310 Å². The number of esters is 2. The number of benzene rings is 5. The molecule has 7 N–H and O–H groups in total. The molecule has 30 heteroatoms. The highest BCUT2D eigenvalue weighted by Crippen LogP contribution is 2.70. The van der Waals surface area contributed by atoms with Crippen LogP contribution in [0.4, 0.5) is 15.3 Å². The van der Waals surface area contributed by atoms with Gasteiger partial charge in [-0.25, -0.2) is 19.2 Å². The number of nitro groups is 1. The number of rotatable bonds is 38. The maximum atomic E-state index is 15.1. The Kier molecular flexibility index (Phi) is 38.9. The SMILES string of the molecule is C.CC1=C2[C@@H](C)C(=O)[C@@]3(C)[C@H]([C@H](C)[C@](O)(CC1OC(=O)[C@H](O)[C@@H](NC(=O)c1ccccc1)c1ccccc1)C2(C)C)[C@]1(C)CO[C@@H]1C[C@@H]3O.CCCCCCC1OCC(COC(=O)Oc2ccc([N+](=O)[O-])cc2)O1.CCCCCCCCCCCCCCCC1OCC(COC(=O)O[C@@H](C(=O)OC2C[C@@]3(O)[C@@H](C)[C@@H]4[C@]5(C)CO[C@@H]5C[C@H](O)[C@@]4(C)C(=O)[C@H](C)C(=C2C)C3(C)C)[C@@H](NC(=O)c2ccccc2)c2ccccc2)O1. The van der Waals surface area contributed by atoms with Crippen LogP contribution < -0.4 is 15.4 Å². The lowest BCUT2D eigenvalue weighted by Crippen LogP contribution is -2.74. The Balaban J connectivity index is 0.000000219. The van der Waals surface area contributed by atoms with Crippen LogP contribution in [0.15, 0.2) is 168 Å². The molecule has 26 atom stereocenters. The summed E-state index contributed by atoms with van der Waals surface area (Å²) in [6, 6.07) is 37.3. The number of amides is 2. The summed E-state index contributed by atoms with van der Waals surface area (Å²) >= 11 is 0. The van der Waals surface area contributed by atoms with Crippen molar-refractivity contribution in [2.45, 2.75) is 363 Å². The normalized spacial score (nSPS) is 32.0. The summed E-state index contributed by atoms with van der Waals surface area (Å²) in [5.74, 6) is -6.40. The minimum atomic E-state index is -1.77. The van der Waals surface area contributed by atoms with E-state index in [-0.39, 0.29) is 87.7 Å². The average Bonchev–Trinajstić information content (AvgIpc) is 0.684. The lowest BCUT2D eigenvalue weighted by Gasteiger charge is -2.68. The van der Waals surface area contributed by atoms with E-state index in [0.29, 0.717) is 77.2 Å². The number of unbranched alkanes of at least 4 members (excludes halogenated alkanes) is 15. The van der Waals surface area contributed by atoms with E-state index in [1.165, 1.54) is 108 Å². The molecular formula is C116H161N3O27. The summed E-state index contributed by atoms with van der Waals surface area (Å²) < 4.78 is 69.2. The zero-order valence-corrected chi connectivity index (χ0v) is 87.6. The minimum Gasteiger partial charge on any atom is -0.456 e. The van der Waals surface area contributed by atoms with E-state index in [0.717, 1.165) is 38.5 Å². The molecule has 4 bridgehead atoms. The van der Waals surface area contributed by atoms with E-state index in [2.05, 4.69) is 38.3 Å². The van der Waals surface area contributed by atoms with Gasteiger partial charge in [-0.2, -0.15) is 0 Å². The van der Waals surface area contributed by atoms with Gasteiger partial charge >= 0.3 is 24.2 Å². The van der Waals surface area contributed by atoms with E-state index in [1.54, 1.807) is 121 Å². The number of nitro benzene ring substituents is 1. The molecule has 4 heterocycles. The number of carbonyl (C=O) groups is 8. The number of carbonyl (C=O) groups excluding carboxylic acids is 8. The van der Waals surface area contributed by atoms with Gasteiger partial charge in [0, 0.05) is 82.4 Å². The van der Waals surface area contributed by atoms with Crippen LogP contribution >= 0.6 is 0 Å². The standard InChI is InChI=1S/C59H85NO12.C39H49NO8.C17H23NO7.CH4/c1-9-10-11-12-13-14-15-16-17-18-19-20-27-32-47-67-35-43(70-47)36-68-55(65)72-50(49(41-28-23-21-24-29-41)60-53(63)42-30-25-22-26-31-42)54(64)71-44-34-59(66)40(4)51-57(7)37-69-46(57)33-45(61)58(51,8)52(62)39(3)48(38(44)2)56(59,5)6;1-21-26(48-35(45)31(42)30(24-14-10-8-11-15-24)40-34(44)25-16-12-9-13-17-25)19-39(46)23(3)32-37(6)20-47-28(37)18-27(41)38(32,7)33(43)22(2)29(21)36(39,4)5;1-2-3-4-5-6-16-22-11-15(24-16)12-23-17(19)25-14-9-7-13(8-10-14)18(20)21;/h21-26,28-31,39-40,43-47,49-51,61,66H,9-20,27,32-37H2,1-8H3,(H,60,63);8-17,22-23,26-28,30-32,41-42,46H,18-20H2,1-7H3,(H,40,44);7-10,15-16H,2-6,11-12H2,1H3;1H4/t39-,40+,43?,44?,45+,46-,47?,49+,50-,51-,57-,58-,59-;22-,23+,26?,27+,28-,30+,31-,32-,37-,38-,39-;;/m11../s1. The van der Waals surface area contributed by atoms with Crippen molar-refractivity contribution in [1.29, 1.82) is 0 Å². The molecule has 802 valence electrons. The second-order valence-electron chi connectivity index (χ2n) is 44.3. The number of hydrogen-bond donors (Lipinski definition) is 7. The smallest absolute Gasteiger partial charge is 0.456 e. The van der Waals surface area contributed by atoms with Gasteiger partial charge in [0.2, 0.25) is 6.10 Å². The molecule has 2 amide bonds. The number of ketones is 2. The third-order valence-electron chi connectivity index (χ3n) is 34.5. The van der Waals surface area contributed by atoms with Gasteiger partial charge in [-0.05, 0) is 147 Å². The molecule has 4 saturated heterocycles. The fourth-order valence-electron chi connectivity index (χ4n) is 26.4. The maximum Gasteiger partial charge on any atom is 0.513 e. The van der Waals surface area contributed by atoms with Crippen molar-refractivity contribution in [2.24, 2.45) is 68.0 Å². The zero-order chi connectivity index (χ0) is 105. The monoisotopic (exact) mass is 2030 g/mol. The summed E-state index contributed by atoms with van der Waals surface area (Å²) in [4.78, 5) is 121. The number of aliphatic hydroxyl groups excluding tert-OH is 3. The Morgan fingerprint density at radius 1 is 0.486 bits per heavy atom. The molecule has 0 radical (unpaired) electrons. The van der Waals surface area contributed by atoms with Crippen molar-refractivity contribution >= 4 is 53.3 Å². The summed E-state index contributed by atoms with van der Waals surface area (Å²) in [5, 5.41) is 77.5. The van der Waals surface area contributed by atoms with Crippen molar-refractivity contribution in [1.82, 2.24) is 10.6 Å². The summed E-state index contributed by atoms with van der Waals surface area (Å²) in [7, 11) is 0. The zero-order valence-electron chi connectivity index (χ0n) is 87.6. The molecule has 30 nitrogen and oxygen atoms in total. The van der Waals surface area contributed by atoms with Gasteiger partial charge < -0.3 is 93.0 Å². The molecule has 0 aromatic heterocycles. The highest BCUT2D eigenvalue weighted by atomic mass is 16.8. The summed E-state index contributed by atoms with van der Waals surface area (Å²) in [6.07, 6.45) is 11.7. The predicted molar refractivity (Wildman–Crippen MR) is 547 cm³/mol. The number of nitrogens with one attached hydrogen (secondary N) is 2. The van der Waals surface area contributed by atoms with Crippen molar-refractivity contribution in [3.05, 3.63) is 200 Å². The lowest BCUT2D eigenvalue weighted by molar-refractivity contribution is -0.384. The topological polar surface area (TPSA) is 416 Å². The molecule has 4 aliphatic heterocycles. The van der Waals surface area contributed by atoms with Crippen LogP contribution in [-0.4, -0.2) is 203 Å². The van der Waals surface area contributed by atoms with E-state index in [4.69, 9.17) is 56.8 Å². The molecule has 6 unspecified atom stereocenters. The van der Waals surface area contributed by atoms with Crippen molar-refractivity contribution in [3.63, 3.8) is 0 Å². The first kappa shape index (κ1) is 115. The van der Waals surface area contributed by atoms with Gasteiger partial charge in [0.1, 0.15) is 61.0 Å². The van der Waals surface area contributed by atoms with E-state index >= 15 is 9.59 Å². The largest absolute Gasteiger partial charge is 0.513 e. The molecule has 10 aliphatic rings. The molecule has 15 rings (SSSR count). The second-order valence-corrected chi connectivity index (χ2v) is 44.3. The molecule has 5 aromatic carbocycles. The molecule has 8 fully saturated rings. The number of fused-ring (bicyclic) bond motifs is 10. The van der Waals surface area contributed by atoms with Crippen LogP contribution in [0.2, 0.25) is 0 Å². The number of aliphatic hydroxyl groups is 5. The van der Waals surface area contributed by atoms with Crippen LogP contribution in [0, 0.1) is 78.1 Å². The Labute approximate surface area is 861 Å². The van der Waals surface area contributed by atoms with Gasteiger partial charge in [0.15, 0.2) is 18.7 Å². The van der Waals surface area contributed by atoms with Gasteiger partial charge in [-0.3, -0.25) is 29.3 Å². The van der Waals surface area contributed by atoms with E-state index in [9.17, 15) is 64.4 Å². The van der Waals surface area contributed by atoms with Crippen molar-refractivity contribution in [2.75, 3.05) is 39.6 Å². The summed E-state index contributed by atoms with van der Waals surface area (Å²) in [5.41, 5.74) is -3.99. The number of non-ortho nitro benzene ring substituents is 1. The quantitative estimate of drug-likeness (QED) is 0.00367. The number of ether oxygens (including phenoxy) is 12. The fourth-order valence-corrected chi connectivity index (χ4v) is 26.4. The third-order valence-corrected chi connectivity index (χ3v) is 34.5. The van der Waals surface area contributed by atoms with Gasteiger partial charge in [-0.1, -0.05) is 284 Å². The molecule has 4 saturated carbocycles.